The third-order valence-corrected chi connectivity index (χ3v) is 11.4. The van der Waals surface area contributed by atoms with Crippen LogP contribution < -0.4 is 0 Å². The predicted molar refractivity (Wildman–Crippen MR) is 196 cm³/mol. The summed E-state index contributed by atoms with van der Waals surface area (Å²) in [5.74, 6) is 0.481. The minimum absolute atomic E-state index is 0.481. The fraction of sp³-hybridized carbons (Fsp3) is 0.0455. The molecule has 0 fully saturated rings. The van der Waals surface area contributed by atoms with Gasteiger partial charge >= 0.3 is 0 Å². The van der Waals surface area contributed by atoms with E-state index in [4.69, 9.17) is 0 Å². The summed E-state index contributed by atoms with van der Waals surface area (Å²) in [5, 5.41) is 13.5. The average molecular weight is 589 g/mol. The normalized spacial score (nSPS) is 17.1. The second-order valence-electron chi connectivity index (χ2n) is 12.4. The minimum Gasteiger partial charge on any atom is -0.117 e. The molecule has 0 amide bonds. The predicted octanol–water partition coefficient (Wildman–Crippen LogP) is 12.5. The molecular formula is C44H28S. The lowest BCUT2D eigenvalue weighted by molar-refractivity contribution is 0.881. The van der Waals surface area contributed by atoms with Gasteiger partial charge < -0.3 is 0 Å². The van der Waals surface area contributed by atoms with Crippen molar-refractivity contribution in [3.63, 3.8) is 0 Å². The molecular weight excluding hydrogens is 561 g/mol. The van der Waals surface area contributed by atoms with Crippen molar-refractivity contribution in [1.82, 2.24) is 0 Å². The second-order valence-corrected chi connectivity index (χ2v) is 13.6. The van der Waals surface area contributed by atoms with E-state index in [0.29, 0.717) is 11.2 Å². The van der Waals surface area contributed by atoms with Gasteiger partial charge in [0.05, 0.1) is 0 Å². The van der Waals surface area contributed by atoms with E-state index in [2.05, 4.69) is 158 Å². The van der Waals surface area contributed by atoms with Crippen LogP contribution in [-0.2, 0) is 0 Å². The van der Waals surface area contributed by atoms with E-state index in [0.717, 1.165) is 0 Å². The minimum atomic E-state index is 0.481. The maximum atomic E-state index is 2.38. The van der Waals surface area contributed by atoms with Crippen LogP contribution in [0.5, 0.6) is 0 Å². The van der Waals surface area contributed by atoms with E-state index in [-0.39, 0.29) is 0 Å². The van der Waals surface area contributed by atoms with Crippen LogP contribution in [0.15, 0.2) is 163 Å². The third-order valence-electron chi connectivity index (χ3n) is 9.97. The smallest absolute Gasteiger partial charge is 0.0381 e. The lowest BCUT2D eigenvalue weighted by Gasteiger charge is -2.14. The van der Waals surface area contributed by atoms with Gasteiger partial charge in [0, 0.05) is 16.1 Å². The quantitative estimate of drug-likeness (QED) is 0.181. The van der Waals surface area contributed by atoms with E-state index < -0.39 is 0 Å². The van der Waals surface area contributed by atoms with E-state index in [9.17, 15) is 0 Å². The molecule has 0 radical (unpaired) electrons. The highest BCUT2D eigenvalue weighted by Gasteiger charge is 2.32. The highest BCUT2D eigenvalue weighted by Crippen LogP contribution is 2.51. The molecule has 8 aromatic carbocycles. The zero-order valence-corrected chi connectivity index (χ0v) is 25.4. The molecule has 0 saturated heterocycles. The van der Waals surface area contributed by atoms with E-state index in [1.54, 1.807) is 0 Å². The monoisotopic (exact) mass is 588 g/mol. The molecule has 0 N–H and O–H groups in total. The van der Waals surface area contributed by atoms with Gasteiger partial charge in [0.2, 0.25) is 0 Å². The maximum Gasteiger partial charge on any atom is 0.0381 e. The van der Waals surface area contributed by atoms with Crippen LogP contribution in [0.4, 0.5) is 0 Å². The topological polar surface area (TPSA) is 0 Å². The standard InChI is InChI=1S/C44H28S/c1-2-7-34-27(6-1)16-23-39-38(34)22-17-28-12-13-30(26-42(28)39)29-18-20-35-31(24-29)14-15-32-25-33(19-21-36(32)35)37-9-5-10-41-40-8-3-4-11-43(40)45-44(37)41/h1-26,40,43H. The molecule has 45 heavy (non-hydrogen) atoms. The average Bonchev–Trinajstić information content (AvgIpc) is 3.49. The summed E-state index contributed by atoms with van der Waals surface area (Å²) in [7, 11) is 0. The molecule has 0 aromatic heterocycles. The molecule has 10 rings (SSSR count). The van der Waals surface area contributed by atoms with Crippen LogP contribution in [0.2, 0.25) is 0 Å². The zero-order chi connectivity index (χ0) is 29.5. The Labute approximate surface area is 266 Å². The van der Waals surface area contributed by atoms with Gasteiger partial charge in [0.1, 0.15) is 0 Å². The van der Waals surface area contributed by atoms with Crippen LogP contribution in [0, 0.1) is 0 Å². The number of hydrogen-bond donors (Lipinski definition) is 0. The molecule has 2 aliphatic rings. The van der Waals surface area contributed by atoms with Crippen LogP contribution in [-0.4, -0.2) is 5.25 Å². The molecule has 2 atom stereocenters. The molecule has 1 aliphatic carbocycles. The summed E-state index contributed by atoms with van der Waals surface area (Å²) >= 11 is 2.01. The summed E-state index contributed by atoms with van der Waals surface area (Å²) in [6.45, 7) is 0. The molecule has 8 aromatic rings. The Morgan fingerprint density at radius 3 is 1.87 bits per heavy atom. The molecule has 0 spiro atoms. The first-order chi connectivity index (χ1) is 22.3. The summed E-state index contributed by atoms with van der Waals surface area (Å²) in [6.07, 6.45) is 9.09. The number of benzene rings is 8. The van der Waals surface area contributed by atoms with Crippen molar-refractivity contribution in [3.8, 4) is 22.3 Å². The van der Waals surface area contributed by atoms with Crippen molar-refractivity contribution in [2.24, 2.45) is 0 Å². The maximum absolute atomic E-state index is 2.38. The summed E-state index contributed by atoms with van der Waals surface area (Å²) in [4.78, 5) is 1.44. The molecule has 1 heterocycles. The first kappa shape index (κ1) is 25.2. The highest BCUT2D eigenvalue weighted by atomic mass is 32.2. The Morgan fingerprint density at radius 2 is 1.00 bits per heavy atom. The van der Waals surface area contributed by atoms with Crippen LogP contribution in [0.3, 0.4) is 0 Å². The lowest BCUT2D eigenvalue weighted by atomic mass is 9.90. The van der Waals surface area contributed by atoms with Gasteiger partial charge in [0.15, 0.2) is 0 Å². The fourth-order valence-electron chi connectivity index (χ4n) is 7.71. The summed E-state index contributed by atoms with van der Waals surface area (Å²) in [6, 6.07) is 50.1. The summed E-state index contributed by atoms with van der Waals surface area (Å²) in [5.41, 5.74) is 6.61. The second kappa shape index (κ2) is 9.69. The zero-order valence-electron chi connectivity index (χ0n) is 24.6. The Balaban J connectivity index is 1.06. The largest absolute Gasteiger partial charge is 0.117 e. The third kappa shape index (κ3) is 3.87. The van der Waals surface area contributed by atoms with Gasteiger partial charge in [-0.15, -0.1) is 11.8 Å². The van der Waals surface area contributed by atoms with Crippen LogP contribution in [0.25, 0.3) is 76.1 Å². The van der Waals surface area contributed by atoms with Crippen molar-refractivity contribution in [2.75, 3.05) is 0 Å². The van der Waals surface area contributed by atoms with Crippen molar-refractivity contribution in [1.29, 1.82) is 0 Å². The van der Waals surface area contributed by atoms with E-state index in [1.807, 2.05) is 11.8 Å². The van der Waals surface area contributed by atoms with Gasteiger partial charge in [-0.3, -0.25) is 0 Å². The highest BCUT2D eigenvalue weighted by molar-refractivity contribution is 8.00. The van der Waals surface area contributed by atoms with Crippen LogP contribution in [0.1, 0.15) is 11.5 Å². The Morgan fingerprint density at radius 1 is 0.400 bits per heavy atom. The number of thioether (sulfide) groups is 1. The molecule has 210 valence electrons. The van der Waals surface area contributed by atoms with Crippen LogP contribution >= 0.6 is 11.8 Å². The number of rotatable bonds is 2. The van der Waals surface area contributed by atoms with E-state index >= 15 is 0 Å². The van der Waals surface area contributed by atoms with Gasteiger partial charge in [-0.1, -0.05) is 140 Å². The van der Waals surface area contributed by atoms with Crippen molar-refractivity contribution >= 4 is 65.6 Å². The number of allylic oxidation sites excluding steroid dienone is 3. The van der Waals surface area contributed by atoms with Gasteiger partial charge in [-0.05, 0) is 99.9 Å². The fourth-order valence-corrected chi connectivity index (χ4v) is 9.19. The van der Waals surface area contributed by atoms with E-state index in [1.165, 1.54) is 86.6 Å². The molecule has 1 heteroatoms. The summed E-state index contributed by atoms with van der Waals surface area (Å²) < 4.78 is 0. The Kier molecular flexibility index (Phi) is 5.44. The molecule has 1 aliphatic heterocycles. The molecule has 2 unspecified atom stereocenters. The molecule has 0 nitrogen and oxygen atoms in total. The van der Waals surface area contributed by atoms with Gasteiger partial charge in [0.25, 0.3) is 0 Å². The Bertz CT molecular complexity index is 2580. The molecule has 0 bridgehead atoms. The van der Waals surface area contributed by atoms with Crippen molar-refractivity contribution in [2.45, 2.75) is 16.1 Å². The SMILES string of the molecule is C1=CC2Sc3c(-c4ccc5c(ccc6cc(-c7ccc8ccc9c%10ccccc%10ccc9c8c7)ccc65)c4)cccc3C2C=C1. The van der Waals surface area contributed by atoms with Crippen molar-refractivity contribution < 1.29 is 0 Å². The first-order valence-electron chi connectivity index (χ1n) is 15.7. The molecule has 0 saturated carbocycles. The number of hydrogen-bond acceptors (Lipinski definition) is 1. The number of fused-ring (bicyclic) bond motifs is 11. The lowest BCUT2D eigenvalue weighted by Crippen LogP contribution is -2.06. The Hall–Kier alpha value is -5.11. The van der Waals surface area contributed by atoms with Crippen molar-refractivity contribution in [3.05, 3.63) is 163 Å². The van der Waals surface area contributed by atoms with Gasteiger partial charge in [-0.2, -0.15) is 0 Å². The van der Waals surface area contributed by atoms with Gasteiger partial charge in [-0.25, -0.2) is 0 Å². The first-order valence-corrected chi connectivity index (χ1v) is 16.6.